The maximum atomic E-state index is 15.0. The first-order valence-corrected chi connectivity index (χ1v) is 13.5. The van der Waals surface area contributed by atoms with Gasteiger partial charge in [0.1, 0.15) is 17.2 Å². The third-order valence-electron chi connectivity index (χ3n) is 9.19. The Kier molecular flexibility index (Phi) is 5.27. The minimum Gasteiger partial charge on any atom is -0.297 e. The summed E-state index contributed by atoms with van der Waals surface area (Å²) >= 11 is 0. The smallest absolute Gasteiger partial charge is 0.189 e. The summed E-state index contributed by atoms with van der Waals surface area (Å²) in [5.41, 5.74) is 1.29. The third-order valence-corrected chi connectivity index (χ3v) is 9.19. The number of rotatable bonds is 2. The summed E-state index contributed by atoms with van der Waals surface area (Å²) in [7, 11) is 0. The van der Waals surface area contributed by atoms with Crippen LogP contribution in [0.2, 0.25) is 0 Å². The fraction of sp³-hybridized carbons (Fsp3) is 0.235. The van der Waals surface area contributed by atoms with Crippen LogP contribution in [0.15, 0.2) is 90.5 Å². The minimum absolute atomic E-state index is 0.0672. The Hall–Kier alpha value is -3.96. The van der Waals surface area contributed by atoms with E-state index < -0.39 is 11.0 Å². The van der Waals surface area contributed by atoms with Crippen molar-refractivity contribution in [3.05, 3.63) is 124 Å². The van der Waals surface area contributed by atoms with Gasteiger partial charge in [-0.05, 0) is 89.6 Å². The van der Waals surface area contributed by atoms with Gasteiger partial charge >= 0.3 is 0 Å². The zero-order valence-electron chi connectivity index (χ0n) is 21.5. The van der Waals surface area contributed by atoms with Gasteiger partial charge in [-0.1, -0.05) is 60.7 Å². The van der Waals surface area contributed by atoms with Crippen LogP contribution < -0.4 is 5.32 Å². The van der Waals surface area contributed by atoms with Crippen LogP contribution in [0.25, 0.3) is 16.8 Å². The first-order valence-electron chi connectivity index (χ1n) is 13.5. The van der Waals surface area contributed by atoms with E-state index in [1.165, 1.54) is 24.3 Å². The van der Waals surface area contributed by atoms with Gasteiger partial charge in [0, 0.05) is 17.5 Å². The molecule has 0 amide bonds. The van der Waals surface area contributed by atoms with Gasteiger partial charge in [-0.3, -0.25) is 14.9 Å². The van der Waals surface area contributed by atoms with E-state index in [1.807, 2.05) is 49.4 Å². The fourth-order valence-electron chi connectivity index (χ4n) is 7.83. The van der Waals surface area contributed by atoms with Crippen molar-refractivity contribution >= 4 is 28.4 Å². The molecule has 3 aliphatic rings. The number of hydrogen-bond donors (Lipinski definition) is 1. The van der Waals surface area contributed by atoms with E-state index in [2.05, 4.69) is 5.32 Å². The first-order chi connectivity index (χ1) is 18.9. The van der Waals surface area contributed by atoms with Crippen LogP contribution in [0.4, 0.5) is 8.78 Å². The zero-order chi connectivity index (χ0) is 26.9. The van der Waals surface area contributed by atoms with Crippen molar-refractivity contribution in [2.24, 2.45) is 5.41 Å². The number of nitrogens with one attached hydrogen (secondary N) is 1. The molecule has 7 rings (SSSR count). The highest BCUT2D eigenvalue weighted by molar-refractivity contribution is 6.24. The number of ketones is 2. The zero-order valence-corrected chi connectivity index (χ0v) is 21.5. The summed E-state index contributed by atoms with van der Waals surface area (Å²) in [5, 5.41) is 5.55. The van der Waals surface area contributed by atoms with Crippen LogP contribution in [-0.2, 0) is 10.3 Å². The highest BCUT2D eigenvalue weighted by Crippen LogP contribution is 2.65. The van der Waals surface area contributed by atoms with Gasteiger partial charge in [0.05, 0.1) is 5.41 Å². The van der Waals surface area contributed by atoms with Crippen LogP contribution in [0.5, 0.6) is 0 Å². The van der Waals surface area contributed by atoms with Gasteiger partial charge in [-0.25, -0.2) is 8.78 Å². The third kappa shape index (κ3) is 3.17. The largest absolute Gasteiger partial charge is 0.297 e. The van der Waals surface area contributed by atoms with E-state index in [1.54, 1.807) is 24.3 Å². The molecule has 0 aromatic heterocycles. The van der Waals surface area contributed by atoms with Crippen molar-refractivity contribution in [1.82, 2.24) is 5.32 Å². The molecule has 2 aliphatic carbocycles. The highest BCUT2D eigenvalue weighted by Gasteiger charge is 2.73. The summed E-state index contributed by atoms with van der Waals surface area (Å²) in [6.45, 7) is 2.02. The maximum absolute atomic E-state index is 15.0. The fourth-order valence-corrected chi connectivity index (χ4v) is 7.83. The molecule has 1 aliphatic heterocycles. The van der Waals surface area contributed by atoms with E-state index >= 15 is 0 Å². The molecule has 1 saturated heterocycles. The molecule has 4 aromatic carbocycles. The van der Waals surface area contributed by atoms with Crippen LogP contribution in [-0.4, -0.2) is 17.6 Å². The molecule has 1 N–H and O–H groups in total. The minimum atomic E-state index is -1.26. The van der Waals surface area contributed by atoms with Crippen molar-refractivity contribution in [3.63, 3.8) is 0 Å². The second kappa shape index (κ2) is 8.52. The molecule has 4 atom stereocenters. The number of carbonyl (C=O) groups excluding carboxylic acids is 2. The van der Waals surface area contributed by atoms with Crippen LogP contribution in [0.1, 0.15) is 59.2 Å². The van der Waals surface area contributed by atoms with Crippen molar-refractivity contribution in [1.29, 1.82) is 0 Å². The molecule has 1 heterocycles. The molecular formula is C34H27F2NO2. The topological polar surface area (TPSA) is 46.2 Å². The summed E-state index contributed by atoms with van der Waals surface area (Å²) in [6, 6.07) is 23.9. The van der Waals surface area contributed by atoms with Gasteiger partial charge in [0.2, 0.25) is 0 Å². The molecule has 5 heteroatoms. The molecule has 2 spiro atoms. The van der Waals surface area contributed by atoms with E-state index in [9.17, 15) is 18.4 Å². The Bertz CT molecular complexity index is 1690. The monoisotopic (exact) mass is 519 g/mol. The van der Waals surface area contributed by atoms with Crippen molar-refractivity contribution in [2.75, 3.05) is 0 Å². The number of hydrogen-bond acceptors (Lipinski definition) is 3. The van der Waals surface area contributed by atoms with Gasteiger partial charge < -0.3 is 0 Å². The van der Waals surface area contributed by atoms with Crippen molar-refractivity contribution < 1.29 is 18.4 Å². The molecule has 194 valence electrons. The average Bonchev–Trinajstić information content (AvgIpc) is 3.34. The number of benzene rings is 4. The van der Waals surface area contributed by atoms with Gasteiger partial charge in [-0.15, -0.1) is 0 Å². The van der Waals surface area contributed by atoms with Gasteiger partial charge in [0.25, 0.3) is 0 Å². The molecule has 39 heavy (non-hydrogen) atoms. The average molecular weight is 520 g/mol. The Morgan fingerprint density at radius 2 is 1.51 bits per heavy atom. The van der Waals surface area contributed by atoms with Crippen LogP contribution in [0, 0.1) is 17.0 Å². The molecule has 0 radical (unpaired) electrons. The van der Waals surface area contributed by atoms with Crippen molar-refractivity contribution in [2.45, 2.75) is 43.7 Å². The predicted octanol–water partition coefficient (Wildman–Crippen LogP) is 7.11. The van der Waals surface area contributed by atoms with E-state index in [0.717, 1.165) is 27.5 Å². The Balaban J connectivity index is 1.50. The Morgan fingerprint density at radius 1 is 0.846 bits per heavy atom. The SMILES string of the molecule is CC1N[C@@]2(C(=O)c3cccc4cccc2c34)[C@@]2(CCC/C(=C\c3ccc(F)cc3)C2=O)[C@H]1c1ccc(F)cc1. The molecule has 1 saturated carbocycles. The van der Waals surface area contributed by atoms with Gasteiger partial charge in [-0.2, -0.15) is 0 Å². The maximum Gasteiger partial charge on any atom is 0.189 e. The number of Topliss-reactive ketones (excluding diaryl/α,β-unsaturated/α-hetero) is 2. The molecule has 4 aromatic rings. The summed E-state index contributed by atoms with van der Waals surface area (Å²) < 4.78 is 27.6. The lowest BCUT2D eigenvalue weighted by atomic mass is 9.52. The number of allylic oxidation sites excluding steroid dienone is 1. The lowest BCUT2D eigenvalue weighted by molar-refractivity contribution is -0.130. The van der Waals surface area contributed by atoms with E-state index in [-0.39, 0.29) is 35.2 Å². The first kappa shape index (κ1) is 24.1. The molecule has 3 nitrogen and oxygen atoms in total. The summed E-state index contributed by atoms with van der Waals surface area (Å²) in [4.78, 5) is 29.6. The number of halogens is 2. The lowest BCUT2D eigenvalue weighted by Crippen LogP contribution is -2.59. The van der Waals surface area contributed by atoms with E-state index in [0.29, 0.717) is 30.4 Å². The highest BCUT2D eigenvalue weighted by atomic mass is 19.1. The quantitative estimate of drug-likeness (QED) is 0.287. The molecule has 2 fully saturated rings. The predicted molar refractivity (Wildman–Crippen MR) is 147 cm³/mol. The second-order valence-corrected chi connectivity index (χ2v) is 11.1. The standard InChI is InChI=1S/C34H27F2NO2/c1-20-30(23-12-16-26(36)17-13-23)33(18-4-7-24(31(33)38)19-21-10-14-25(35)15-11-21)34(37-20)28-9-3-6-22-5-2-8-27(29(22)28)32(34)39/h2-3,5-6,8-17,19-20,30,37H,4,7,18H2,1H3/b24-19+/t20?,30-,33+,34+/m1/s1. The molecule has 1 unspecified atom stereocenters. The normalized spacial score (nSPS) is 28.8. The molecule has 0 bridgehead atoms. The summed E-state index contributed by atoms with van der Waals surface area (Å²) in [5.74, 6) is -1.20. The molecular weight excluding hydrogens is 492 g/mol. The van der Waals surface area contributed by atoms with Crippen LogP contribution in [0.3, 0.4) is 0 Å². The van der Waals surface area contributed by atoms with Crippen LogP contribution >= 0.6 is 0 Å². The number of carbonyl (C=O) groups is 2. The van der Waals surface area contributed by atoms with E-state index in [4.69, 9.17) is 0 Å². The van der Waals surface area contributed by atoms with Gasteiger partial charge in [0.15, 0.2) is 11.6 Å². The summed E-state index contributed by atoms with van der Waals surface area (Å²) in [6.07, 6.45) is 3.65. The Morgan fingerprint density at radius 3 is 2.23 bits per heavy atom. The number of fused-ring (bicyclic) bond motifs is 2. The van der Waals surface area contributed by atoms with Crippen molar-refractivity contribution in [3.8, 4) is 0 Å². The lowest BCUT2D eigenvalue weighted by Gasteiger charge is -2.47. The second-order valence-electron chi connectivity index (χ2n) is 11.1. The Labute approximate surface area is 225 Å².